The molecule has 1 heterocycles. The first kappa shape index (κ1) is 11.8. The molecule has 1 aromatic heterocycles. The molecule has 0 unspecified atom stereocenters. The fourth-order valence-electron chi connectivity index (χ4n) is 1.56. The van der Waals surface area contributed by atoms with E-state index in [1.165, 1.54) is 24.0 Å². The molecule has 1 aromatic carbocycles. The zero-order valence-electron chi connectivity index (χ0n) is 8.87. The van der Waals surface area contributed by atoms with Crippen LogP contribution in [-0.2, 0) is 0 Å². The van der Waals surface area contributed by atoms with Gasteiger partial charge in [0, 0.05) is 28.3 Å². The van der Waals surface area contributed by atoms with E-state index in [4.69, 9.17) is 5.11 Å². The van der Waals surface area contributed by atoms with Crippen LogP contribution in [0.25, 0.3) is 10.9 Å². The van der Waals surface area contributed by atoms with Gasteiger partial charge >= 0.3 is 0 Å². The van der Waals surface area contributed by atoms with Crippen LogP contribution < -0.4 is 0 Å². The van der Waals surface area contributed by atoms with Gasteiger partial charge in [0.1, 0.15) is 5.52 Å². The monoisotopic (exact) mass is 250 g/mol. The number of aromatic nitrogens is 1. The number of nitrogens with zero attached hydrogens (tertiary/aromatic N) is 2. The Morgan fingerprint density at radius 2 is 2.24 bits per heavy atom. The summed E-state index contributed by atoms with van der Waals surface area (Å²) in [7, 11) is 0. The van der Waals surface area contributed by atoms with Crippen molar-refractivity contribution >= 4 is 28.4 Å². The highest BCUT2D eigenvalue weighted by Gasteiger charge is 2.15. The summed E-state index contributed by atoms with van der Waals surface area (Å²) in [6, 6.07) is 6.70. The molecule has 88 valence electrons. The van der Waals surface area contributed by atoms with Crippen LogP contribution in [-0.4, -0.2) is 27.4 Å². The van der Waals surface area contributed by atoms with E-state index in [9.17, 15) is 10.1 Å². The molecule has 0 amide bonds. The number of hydrogen-bond donors (Lipinski definition) is 1. The molecule has 0 saturated heterocycles. The number of aliphatic hydroxyl groups is 1. The van der Waals surface area contributed by atoms with Crippen molar-refractivity contribution in [2.24, 2.45) is 0 Å². The smallest absolute Gasteiger partial charge is 0.295 e. The van der Waals surface area contributed by atoms with Gasteiger partial charge in [0.15, 0.2) is 0 Å². The first-order valence-corrected chi connectivity index (χ1v) is 5.98. The van der Waals surface area contributed by atoms with Gasteiger partial charge in [-0.1, -0.05) is 0 Å². The van der Waals surface area contributed by atoms with E-state index in [1.807, 2.05) is 0 Å². The Balaban J connectivity index is 2.58. The molecule has 2 rings (SSSR count). The average Bonchev–Trinajstić information content (AvgIpc) is 2.35. The molecule has 0 aliphatic carbocycles. The van der Waals surface area contributed by atoms with Crippen molar-refractivity contribution in [3.05, 3.63) is 40.6 Å². The van der Waals surface area contributed by atoms with E-state index < -0.39 is 4.92 Å². The number of rotatable bonds is 4. The molecule has 6 heteroatoms. The SMILES string of the molecule is O=[N+]([O-])c1ccc(SCCO)c2cccnc12. The highest BCUT2D eigenvalue weighted by Crippen LogP contribution is 2.32. The molecule has 0 fully saturated rings. The normalized spacial score (nSPS) is 10.6. The van der Waals surface area contributed by atoms with Crippen molar-refractivity contribution in [2.45, 2.75) is 4.90 Å². The molecule has 1 N–H and O–H groups in total. The quantitative estimate of drug-likeness (QED) is 0.511. The first-order chi connectivity index (χ1) is 8.24. The number of nitro benzene ring substituents is 1. The number of hydrogen-bond acceptors (Lipinski definition) is 5. The number of fused-ring (bicyclic) bond motifs is 1. The summed E-state index contributed by atoms with van der Waals surface area (Å²) in [5, 5.41) is 20.4. The summed E-state index contributed by atoms with van der Waals surface area (Å²) in [4.78, 5) is 15.4. The zero-order valence-corrected chi connectivity index (χ0v) is 9.68. The number of benzene rings is 1. The maximum absolute atomic E-state index is 10.9. The number of aliphatic hydroxyl groups excluding tert-OH is 1. The van der Waals surface area contributed by atoms with Crippen molar-refractivity contribution < 1.29 is 10.0 Å². The summed E-state index contributed by atoms with van der Waals surface area (Å²) >= 11 is 1.46. The van der Waals surface area contributed by atoms with Crippen LogP contribution in [0.15, 0.2) is 35.4 Å². The summed E-state index contributed by atoms with van der Waals surface area (Å²) in [6.07, 6.45) is 1.54. The number of thioether (sulfide) groups is 1. The van der Waals surface area contributed by atoms with Crippen LogP contribution in [0.2, 0.25) is 0 Å². The molecule has 0 saturated carbocycles. The molecule has 0 atom stereocenters. The van der Waals surface area contributed by atoms with Crippen LogP contribution in [0.5, 0.6) is 0 Å². The Bertz CT molecular complexity index is 559. The van der Waals surface area contributed by atoms with Crippen LogP contribution in [0, 0.1) is 10.1 Å². The minimum atomic E-state index is -0.435. The second-order valence-corrected chi connectivity index (χ2v) is 4.45. The van der Waals surface area contributed by atoms with E-state index >= 15 is 0 Å². The van der Waals surface area contributed by atoms with Gasteiger partial charge in [-0.2, -0.15) is 0 Å². The lowest BCUT2D eigenvalue weighted by molar-refractivity contribution is -0.383. The molecular formula is C11H10N2O3S. The predicted octanol–water partition coefficient (Wildman–Crippen LogP) is 2.23. The zero-order chi connectivity index (χ0) is 12.3. The Morgan fingerprint density at radius 1 is 1.41 bits per heavy atom. The lowest BCUT2D eigenvalue weighted by Crippen LogP contribution is -1.93. The van der Waals surface area contributed by atoms with Crippen LogP contribution >= 0.6 is 11.8 Å². The van der Waals surface area contributed by atoms with Gasteiger partial charge in [0.25, 0.3) is 5.69 Å². The third-order valence-electron chi connectivity index (χ3n) is 2.25. The fraction of sp³-hybridized carbons (Fsp3) is 0.182. The highest BCUT2D eigenvalue weighted by atomic mass is 32.2. The Kier molecular flexibility index (Phi) is 3.55. The Morgan fingerprint density at radius 3 is 2.94 bits per heavy atom. The van der Waals surface area contributed by atoms with Gasteiger partial charge in [-0.3, -0.25) is 10.1 Å². The second kappa shape index (κ2) is 5.11. The Labute approximate surface area is 102 Å². The third-order valence-corrected chi connectivity index (χ3v) is 3.31. The average molecular weight is 250 g/mol. The number of non-ortho nitro benzene ring substituents is 1. The number of pyridine rings is 1. The van der Waals surface area contributed by atoms with Crippen molar-refractivity contribution in [2.75, 3.05) is 12.4 Å². The standard InChI is InChI=1S/C11H10N2O3S/c14-6-7-17-10-4-3-9(13(15)16)11-8(10)2-1-5-12-11/h1-5,14H,6-7H2. The molecule has 2 aromatic rings. The van der Waals surface area contributed by atoms with E-state index in [2.05, 4.69) is 4.98 Å². The van der Waals surface area contributed by atoms with Gasteiger partial charge in [-0.25, -0.2) is 4.98 Å². The van der Waals surface area contributed by atoms with Crippen molar-refractivity contribution in [3.63, 3.8) is 0 Å². The van der Waals surface area contributed by atoms with E-state index in [0.717, 1.165) is 10.3 Å². The van der Waals surface area contributed by atoms with Gasteiger partial charge in [-0.05, 0) is 18.2 Å². The minimum absolute atomic E-state index is 0.00829. The topological polar surface area (TPSA) is 76.3 Å². The minimum Gasteiger partial charge on any atom is -0.396 e. The molecule has 0 spiro atoms. The second-order valence-electron chi connectivity index (χ2n) is 3.31. The molecule has 5 nitrogen and oxygen atoms in total. The van der Waals surface area contributed by atoms with Crippen LogP contribution in [0.3, 0.4) is 0 Å². The third kappa shape index (κ3) is 2.37. The predicted molar refractivity (Wildman–Crippen MR) is 66.2 cm³/mol. The van der Waals surface area contributed by atoms with Crippen molar-refractivity contribution in [1.29, 1.82) is 0 Å². The first-order valence-electron chi connectivity index (χ1n) is 5.00. The molecule has 0 aliphatic rings. The van der Waals surface area contributed by atoms with Gasteiger partial charge < -0.3 is 5.11 Å². The Hall–Kier alpha value is -1.66. The van der Waals surface area contributed by atoms with E-state index in [-0.39, 0.29) is 12.3 Å². The van der Waals surface area contributed by atoms with E-state index in [0.29, 0.717) is 11.3 Å². The largest absolute Gasteiger partial charge is 0.396 e. The maximum Gasteiger partial charge on any atom is 0.295 e. The van der Waals surface area contributed by atoms with Crippen molar-refractivity contribution in [1.82, 2.24) is 4.98 Å². The fourth-order valence-corrected chi connectivity index (χ4v) is 2.36. The maximum atomic E-state index is 10.9. The number of nitro groups is 1. The van der Waals surface area contributed by atoms with Gasteiger partial charge in [0.2, 0.25) is 0 Å². The van der Waals surface area contributed by atoms with Gasteiger partial charge in [-0.15, -0.1) is 11.8 Å². The summed E-state index contributed by atoms with van der Waals surface area (Å²) < 4.78 is 0. The highest BCUT2D eigenvalue weighted by molar-refractivity contribution is 7.99. The molecule has 0 bridgehead atoms. The summed E-state index contributed by atoms with van der Waals surface area (Å²) in [5.74, 6) is 0.557. The molecule has 0 radical (unpaired) electrons. The molecule has 17 heavy (non-hydrogen) atoms. The van der Waals surface area contributed by atoms with Crippen LogP contribution in [0.4, 0.5) is 5.69 Å². The van der Waals surface area contributed by atoms with Crippen LogP contribution in [0.1, 0.15) is 0 Å². The van der Waals surface area contributed by atoms with Gasteiger partial charge in [0.05, 0.1) is 11.5 Å². The molecular weight excluding hydrogens is 240 g/mol. The lowest BCUT2D eigenvalue weighted by Gasteiger charge is -2.05. The summed E-state index contributed by atoms with van der Waals surface area (Å²) in [5.41, 5.74) is 0.398. The summed E-state index contributed by atoms with van der Waals surface area (Å²) in [6.45, 7) is 0.0728. The van der Waals surface area contributed by atoms with Crippen molar-refractivity contribution in [3.8, 4) is 0 Å². The molecule has 0 aliphatic heterocycles. The lowest BCUT2D eigenvalue weighted by atomic mass is 10.2. The van der Waals surface area contributed by atoms with E-state index in [1.54, 1.807) is 18.2 Å².